The van der Waals surface area contributed by atoms with Gasteiger partial charge in [0, 0.05) is 24.6 Å². The Labute approximate surface area is 173 Å². The molecule has 0 bridgehead atoms. The summed E-state index contributed by atoms with van der Waals surface area (Å²) in [6, 6.07) is 6.74. The van der Waals surface area contributed by atoms with Gasteiger partial charge in [0.05, 0.1) is 18.7 Å². The maximum absolute atomic E-state index is 13.1. The lowest BCUT2D eigenvalue weighted by Crippen LogP contribution is -2.40. The summed E-state index contributed by atoms with van der Waals surface area (Å²) in [6.45, 7) is 3.71. The fourth-order valence-electron chi connectivity index (χ4n) is 4.16. The third-order valence-electron chi connectivity index (χ3n) is 5.92. The molecule has 9 heteroatoms. The summed E-state index contributed by atoms with van der Waals surface area (Å²) >= 11 is 0. The van der Waals surface area contributed by atoms with E-state index < -0.39 is 23.3 Å². The van der Waals surface area contributed by atoms with Crippen molar-refractivity contribution < 1.29 is 14.6 Å². The number of ether oxygens (including phenoxy) is 1. The first-order valence-electron chi connectivity index (χ1n) is 9.90. The number of phenolic OH excluding ortho intramolecular Hbond substituents is 1. The van der Waals surface area contributed by atoms with E-state index in [2.05, 4.69) is 22.2 Å². The lowest BCUT2D eigenvalue weighted by atomic mass is 9.78. The van der Waals surface area contributed by atoms with Crippen LogP contribution in [-0.2, 0) is 4.79 Å². The molecule has 2 unspecified atom stereocenters. The molecule has 4 rings (SSSR count). The van der Waals surface area contributed by atoms with Crippen LogP contribution in [0, 0.1) is 23.2 Å². The molecule has 1 amide bonds. The lowest BCUT2D eigenvalue weighted by molar-refractivity contribution is -0.119. The fourth-order valence-corrected chi connectivity index (χ4v) is 4.16. The van der Waals surface area contributed by atoms with Gasteiger partial charge in [-0.3, -0.25) is 14.6 Å². The topological polar surface area (TPSA) is 131 Å². The number of carbonyl (C=O) groups excluding carboxylic acids is 1. The van der Waals surface area contributed by atoms with Crippen LogP contribution in [0.2, 0.25) is 0 Å². The van der Waals surface area contributed by atoms with E-state index in [1.807, 2.05) is 11.0 Å². The summed E-state index contributed by atoms with van der Waals surface area (Å²) in [7, 11) is 1.41. The van der Waals surface area contributed by atoms with Gasteiger partial charge in [-0.25, -0.2) is 0 Å². The molecule has 1 saturated heterocycles. The first-order valence-corrected chi connectivity index (χ1v) is 9.90. The molecule has 9 nitrogen and oxygen atoms in total. The van der Waals surface area contributed by atoms with E-state index in [-0.39, 0.29) is 28.4 Å². The van der Waals surface area contributed by atoms with Crippen molar-refractivity contribution in [3.05, 3.63) is 39.7 Å². The van der Waals surface area contributed by atoms with Crippen molar-refractivity contribution >= 4 is 17.7 Å². The third-order valence-corrected chi connectivity index (χ3v) is 5.92. The highest BCUT2D eigenvalue weighted by Gasteiger charge is 2.42. The number of benzene rings is 1. The highest BCUT2D eigenvalue weighted by Crippen LogP contribution is 2.44. The molecule has 1 aromatic carbocycles. The van der Waals surface area contributed by atoms with Crippen molar-refractivity contribution in [2.75, 3.05) is 30.4 Å². The molecule has 0 aliphatic carbocycles. The molecule has 30 heavy (non-hydrogen) atoms. The van der Waals surface area contributed by atoms with E-state index >= 15 is 0 Å². The van der Waals surface area contributed by atoms with Crippen molar-refractivity contribution in [2.24, 2.45) is 11.8 Å². The maximum atomic E-state index is 13.1. The highest BCUT2D eigenvalue weighted by atomic mass is 16.5. The molecule has 0 radical (unpaired) electrons. The summed E-state index contributed by atoms with van der Waals surface area (Å²) in [5, 5.41) is 22.9. The van der Waals surface area contributed by atoms with Crippen molar-refractivity contribution in [3.8, 4) is 17.6 Å². The van der Waals surface area contributed by atoms with E-state index in [1.54, 1.807) is 18.2 Å². The van der Waals surface area contributed by atoms with Crippen molar-refractivity contribution in [1.82, 2.24) is 9.97 Å². The van der Waals surface area contributed by atoms with Crippen LogP contribution in [-0.4, -0.2) is 41.2 Å². The number of carbonyl (C=O) groups is 1. The van der Waals surface area contributed by atoms with Crippen LogP contribution >= 0.6 is 0 Å². The first-order chi connectivity index (χ1) is 14.4. The van der Waals surface area contributed by atoms with Crippen LogP contribution in [0.1, 0.15) is 36.8 Å². The molecular weight excluding hydrogens is 386 g/mol. The number of para-hydroxylation sites is 1. The van der Waals surface area contributed by atoms with Gasteiger partial charge in [0.25, 0.3) is 5.56 Å². The van der Waals surface area contributed by atoms with Crippen LogP contribution < -0.4 is 20.5 Å². The number of phenols is 1. The molecule has 3 heterocycles. The monoisotopic (exact) mass is 409 g/mol. The van der Waals surface area contributed by atoms with Gasteiger partial charge in [-0.15, -0.1) is 0 Å². The van der Waals surface area contributed by atoms with Crippen LogP contribution in [0.4, 0.5) is 11.8 Å². The number of methoxy groups -OCH3 is 1. The Morgan fingerprint density at radius 3 is 2.70 bits per heavy atom. The minimum atomic E-state index is -1.19. The summed E-state index contributed by atoms with van der Waals surface area (Å²) in [4.78, 5) is 35.1. The molecule has 1 aromatic heterocycles. The Bertz CT molecular complexity index is 1080. The quantitative estimate of drug-likeness (QED) is 0.706. The predicted molar refractivity (Wildman–Crippen MR) is 110 cm³/mol. The number of fused-ring (bicyclic) bond motifs is 1. The predicted octanol–water partition coefficient (Wildman–Crippen LogP) is 1.94. The molecule has 2 atom stereocenters. The molecule has 2 aliphatic heterocycles. The summed E-state index contributed by atoms with van der Waals surface area (Å²) in [6.07, 6.45) is 1.98. The number of H-pyrrole nitrogens is 1. The number of aromatic hydroxyl groups is 1. The number of nitrogens with one attached hydrogen (secondary N) is 2. The second-order valence-electron chi connectivity index (χ2n) is 7.79. The number of aromatic amines is 1. The standard InChI is InChI=1S/C21H23N5O4/c1-11-6-8-26(9-7-11)21-24-18-16(20(29)25-21)15(13(10-22)19(28)23-18)12-4-3-5-14(30-2)17(12)27/h3-5,11,13,15,27H,6-9H2,1-2H3,(H2,23,24,25,28,29). The van der Waals surface area contributed by atoms with Crippen LogP contribution in [0.3, 0.4) is 0 Å². The number of aromatic nitrogens is 2. The average Bonchev–Trinajstić information content (AvgIpc) is 2.73. The Morgan fingerprint density at radius 2 is 2.03 bits per heavy atom. The van der Waals surface area contributed by atoms with Crippen LogP contribution in [0.25, 0.3) is 0 Å². The van der Waals surface area contributed by atoms with Gasteiger partial charge in [-0.1, -0.05) is 19.1 Å². The van der Waals surface area contributed by atoms with E-state index in [0.29, 0.717) is 11.9 Å². The Morgan fingerprint density at radius 1 is 1.30 bits per heavy atom. The van der Waals surface area contributed by atoms with Gasteiger partial charge in [-0.2, -0.15) is 10.2 Å². The number of anilines is 2. The average molecular weight is 409 g/mol. The smallest absolute Gasteiger partial charge is 0.258 e. The first kappa shape index (κ1) is 19.8. The summed E-state index contributed by atoms with van der Waals surface area (Å²) in [5.74, 6) is -1.61. The molecular formula is C21H23N5O4. The van der Waals surface area contributed by atoms with Gasteiger partial charge in [0.1, 0.15) is 11.7 Å². The third kappa shape index (κ3) is 3.24. The number of hydrogen-bond donors (Lipinski definition) is 3. The minimum Gasteiger partial charge on any atom is -0.504 e. The Balaban J connectivity index is 1.85. The van der Waals surface area contributed by atoms with Crippen LogP contribution in [0.15, 0.2) is 23.0 Å². The molecule has 1 fully saturated rings. The molecule has 3 N–H and O–H groups in total. The summed E-state index contributed by atoms with van der Waals surface area (Å²) < 4.78 is 5.16. The number of nitrogens with zero attached hydrogens (tertiary/aromatic N) is 3. The number of hydrogen-bond acceptors (Lipinski definition) is 7. The zero-order valence-electron chi connectivity index (χ0n) is 16.8. The number of nitriles is 1. The lowest BCUT2D eigenvalue weighted by Gasteiger charge is -2.33. The molecule has 156 valence electrons. The molecule has 2 aliphatic rings. The van der Waals surface area contributed by atoms with E-state index in [4.69, 9.17) is 4.74 Å². The molecule has 0 spiro atoms. The minimum absolute atomic E-state index is 0.121. The van der Waals surface area contributed by atoms with Crippen molar-refractivity contribution in [2.45, 2.75) is 25.7 Å². The van der Waals surface area contributed by atoms with Gasteiger partial charge < -0.3 is 20.1 Å². The van der Waals surface area contributed by atoms with E-state index in [1.165, 1.54) is 7.11 Å². The van der Waals surface area contributed by atoms with E-state index in [0.717, 1.165) is 25.9 Å². The second kappa shape index (κ2) is 7.71. The van der Waals surface area contributed by atoms with Crippen molar-refractivity contribution in [1.29, 1.82) is 5.26 Å². The normalized spacial score (nSPS) is 21.5. The Kier molecular flexibility index (Phi) is 5.08. The molecule has 0 saturated carbocycles. The number of piperidine rings is 1. The zero-order valence-corrected chi connectivity index (χ0v) is 16.8. The Hall–Kier alpha value is -3.54. The SMILES string of the molecule is COc1cccc(C2c3c(nc(N4CCC(C)CC4)[nH]c3=O)NC(=O)C2C#N)c1O. The van der Waals surface area contributed by atoms with Gasteiger partial charge >= 0.3 is 0 Å². The van der Waals surface area contributed by atoms with Crippen LogP contribution in [0.5, 0.6) is 11.5 Å². The van der Waals surface area contributed by atoms with Crippen molar-refractivity contribution in [3.63, 3.8) is 0 Å². The molecule has 2 aromatic rings. The second-order valence-corrected chi connectivity index (χ2v) is 7.79. The maximum Gasteiger partial charge on any atom is 0.258 e. The van der Waals surface area contributed by atoms with Gasteiger partial charge in [-0.05, 0) is 24.8 Å². The van der Waals surface area contributed by atoms with E-state index in [9.17, 15) is 20.0 Å². The number of amides is 1. The fraction of sp³-hybridized carbons (Fsp3) is 0.429. The summed E-state index contributed by atoms with van der Waals surface area (Å²) in [5.41, 5.74) is -0.0243. The largest absolute Gasteiger partial charge is 0.504 e. The zero-order chi connectivity index (χ0) is 21.4. The number of rotatable bonds is 3. The van der Waals surface area contributed by atoms with Gasteiger partial charge in [0.15, 0.2) is 11.5 Å². The van der Waals surface area contributed by atoms with Gasteiger partial charge in [0.2, 0.25) is 11.9 Å². The highest BCUT2D eigenvalue weighted by molar-refractivity contribution is 5.98.